The number of anilines is 1. The summed E-state index contributed by atoms with van der Waals surface area (Å²) in [5.41, 5.74) is -0.328. The number of hydrogen-bond acceptors (Lipinski definition) is 5. The van der Waals surface area contributed by atoms with Gasteiger partial charge in [-0.2, -0.15) is 0 Å². The third-order valence-electron chi connectivity index (χ3n) is 4.23. The van der Waals surface area contributed by atoms with Crippen molar-refractivity contribution in [1.82, 2.24) is 4.98 Å². The minimum Gasteiger partial charge on any atom is -0.385 e. The second-order valence-corrected chi connectivity index (χ2v) is 6.01. The van der Waals surface area contributed by atoms with E-state index < -0.39 is 10.5 Å². The molecular formula is C16H16ClN3O3. The number of nitrogens with zero attached hydrogens (tertiary/aromatic N) is 3. The summed E-state index contributed by atoms with van der Waals surface area (Å²) in [4.78, 5) is 16.7. The molecule has 1 aromatic heterocycles. The first-order valence-corrected chi connectivity index (χ1v) is 7.71. The van der Waals surface area contributed by atoms with Gasteiger partial charge < -0.3 is 10.0 Å². The first-order chi connectivity index (χ1) is 11.0. The SMILES string of the molecule is O=[N+]([O-])c1cccnc1N1CCC(O)(c2ccccc2Cl)CC1. The van der Waals surface area contributed by atoms with Crippen molar-refractivity contribution in [2.45, 2.75) is 18.4 Å². The number of aliphatic hydroxyl groups is 1. The molecule has 1 aromatic carbocycles. The highest BCUT2D eigenvalue weighted by atomic mass is 35.5. The number of benzene rings is 1. The molecular weight excluding hydrogens is 318 g/mol. The second kappa shape index (κ2) is 6.14. The lowest BCUT2D eigenvalue weighted by Crippen LogP contribution is -2.43. The van der Waals surface area contributed by atoms with E-state index in [-0.39, 0.29) is 5.69 Å². The molecule has 0 amide bonds. The fourth-order valence-corrected chi connectivity index (χ4v) is 3.28. The van der Waals surface area contributed by atoms with Crippen LogP contribution in [0.1, 0.15) is 18.4 Å². The Bertz CT molecular complexity index is 730. The molecule has 6 nitrogen and oxygen atoms in total. The van der Waals surface area contributed by atoms with Crippen molar-refractivity contribution in [1.29, 1.82) is 0 Å². The molecule has 120 valence electrons. The first-order valence-electron chi connectivity index (χ1n) is 7.33. The Balaban J connectivity index is 1.82. The highest BCUT2D eigenvalue weighted by Gasteiger charge is 2.37. The Morgan fingerprint density at radius 2 is 1.91 bits per heavy atom. The number of rotatable bonds is 3. The highest BCUT2D eigenvalue weighted by molar-refractivity contribution is 6.31. The molecule has 0 spiro atoms. The van der Waals surface area contributed by atoms with Crippen LogP contribution in [0, 0.1) is 10.1 Å². The highest BCUT2D eigenvalue weighted by Crippen LogP contribution is 2.38. The van der Waals surface area contributed by atoms with E-state index in [2.05, 4.69) is 4.98 Å². The summed E-state index contributed by atoms with van der Waals surface area (Å²) in [5, 5.41) is 22.6. The Morgan fingerprint density at radius 3 is 2.57 bits per heavy atom. The maximum Gasteiger partial charge on any atom is 0.311 e. The van der Waals surface area contributed by atoms with Crippen LogP contribution in [-0.4, -0.2) is 28.1 Å². The van der Waals surface area contributed by atoms with E-state index in [1.165, 1.54) is 12.3 Å². The second-order valence-electron chi connectivity index (χ2n) is 5.60. The fourth-order valence-electron chi connectivity index (χ4n) is 2.97. The zero-order chi connectivity index (χ0) is 16.4. The lowest BCUT2D eigenvalue weighted by molar-refractivity contribution is -0.384. The van der Waals surface area contributed by atoms with Gasteiger partial charge in [-0.3, -0.25) is 10.1 Å². The van der Waals surface area contributed by atoms with Crippen molar-refractivity contribution in [2.24, 2.45) is 0 Å². The molecule has 0 unspecified atom stereocenters. The predicted molar refractivity (Wildman–Crippen MR) is 87.7 cm³/mol. The quantitative estimate of drug-likeness (QED) is 0.689. The van der Waals surface area contributed by atoms with Crippen molar-refractivity contribution in [3.8, 4) is 0 Å². The molecule has 1 saturated heterocycles. The van der Waals surface area contributed by atoms with E-state index in [4.69, 9.17) is 11.6 Å². The van der Waals surface area contributed by atoms with Crippen LogP contribution in [0.4, 0.5) is 11.5 Å². The van der Waals surface area contributed by atoms with Gasteiger partial charge in [0.1, 0.15) is 0 Å². The van der Waals surface area contributed by atoms with Crippen molar-refractivity contribution in [3.63, 3.8) is 0 Å². The Morgan fingerprint density at radius 1 is 1.22 bits per heavy atom. The topological polar surface area (TPSA) is 79.5 Å². The van der Waals surface area contributed by atoms with Gasteiger partial charge in [0.2, 0.25) is 5.82 Å². The average molecular weight is 334 g/mol. The van der Waals surface area contributed by atoms with Gasteiger partial charge in [0.15, 0.2) is 0 Å². The molecule has 23 heavy (non-hydrogen) atoms. The van der Waals surface area contributed by atoms with E-state index >= 15 is 0 Å². The van der Waals surface area contributed by atoms with Crippen LogP contribution in [-0.2, 0) is 5.60 Å². The smallest absolute Gasteiger partial charge is 0.311 e. The summed E-state index contributed by atoms with van der Waals surface area (Å²) < 4.78 is 0. The van der Waals surface area contributed by atoms with Crippen LogP contribution in [0.2, 0.25) is 5.02 Å². The molecule has 0 bridgehead atoms. The Labute approximate surface area is 138 Å². The summed E-state index contributed by atoms with van der Waals surface area (Å²) >= 11 is 6.19. The van der Waals surface area contributed by atoms with E-state index in [1.54, 1.807) is 12.1 Å². The van der Waals surface area contributed by atoms with Gasteiger partial charge in [-0.05, 0) is 25.0 Å². The van der Waals surface area contributed by atoms with Crippen molar-refractivity contribution >= 4 is 23.1 Å². The zero-order valence-corrected chi connectivity index (χ0v) is 13.1. The normalized spacial score (nSPS) is 17.0. The molecule has 1 aliphatic heterocycles. The van der Waals surface area contributed by atoms with Gasteiger partial charge in [0, 0.05) is 35.9 Å². The number of pyridine rings is 1. The molecule has 2 aromatic rings. The third kappa shape index (κ3) is 3.00. The van der Waals surface area contributed by atoms with Crippen molar-refractivity contribution < 1.29 is 10.0 Å². The summed E-state index contributed by atoms with van der Waals surface area (Å²) in [6.07, 6.45) is 2.41. The number of piperidine rings is 1. The minimum atomic E-state index is -1.02. The summed E-state index contributed by atoms with van der Waals surface area (Å²) in [6, 6.07) is 10.2. The van der Waals surface area contributed by atoms with Gasteiger partial charge >= 0.3 is 5.69 Å². The summed E-state index contributed by atoms with van der Waals surface area (Å²) in [6.45, 7) is 0.944. The van der Waals surface area contributed by atoms with Gasteiger partial charge in [0.05, 0.1) is 10.5 Å². The molecule has 0 aliphatic carbocycles. The molecule has 1 fully saturated rings. The minimum absolute atomic E-state index is 0.0179. The molecule has 0 atom stereocenters. The van der Waals surface area contributed by atoms with Crippen LogP contribution < -0.4 is 4.90 Å². The Kier molecular flexibility index (Phi) is 4.19. The van der Waals surface area contributed by atoms with Gasteiger partial charge in [-0.1, -0.05) is 29.8 Å². The van der Waals surface area contributed by atoms with Crippen LogP contribution in [0.5, 0.6) is 0 Å². The molecule has 7 heteroatoms. The molecule has 0 radical (unpaired) electrons. The fraction of sp³-hybridized carbons (Fsp3) is 0.312. The monoisotopic (exact) mass is 333 g/mol. The standard InChI is InChI=1S/C16H16ClN3O3/c17-13-5-2-1-4-12(13)16(21)7-10-19(11-8-16)15-14(20(22)23)6-3-9-18-15/h1-6,9,21H,7-8,10-11H2. The van der Waals surface area contributed by atoms with Gasteiger partial charge in [-0.25, -0.2) is 4.98 Å². The first kappa shape index (κ1) is 15.7. The number of aromatic nitrogens is 1. The summed E-state index contributed by atoms with van der Waals surface area (Å²) in [7, 11) is 0. The zero-order valence-electron chi connectivity index (χ0n) is 12.4. The number of nitro groups is 1. The van der Waals surface area contributed by atoms with Crippen molar-refractivity contribution in [2.75, 3.05) is 18.0 Å². The Hall–Kier alpha value is -2.18. The average Bonchev–Trinajstić information content (AvgIpc) is 2.56. The third-order valence-corrected chi connectivity index (χ3v) is 4.56. The molecule has 2 heterocycles. The lowest BCUT2D eigenvalue weighted by atomic mass is 9.84. The van der Waals surface area contributed by atoms with E-state index in [0.29, 0.717) is 42.3 Å². The number of hydrogen-bond donors (Lipinski definition) is 1. The molecule has 1 aliphatic rings. The van der Waals surface area contributed by atoms with Crippen molar-refractivity contribution in [3.05, 3.63) is 63.3 Å². The number of halogens is 1. The maximum atomic E-state index is 11.1. The molecule has 0 saturated carbocycles. The molecule has 3 rings (SSSR count). The summed E-state index contributed by atoms with van der Waals surface area (Å²) in [5.74, 6) is 0.346. The maximum absolute atomic E-state index is 11.1. The van der Waals surface area contributed by atoms with Crippen LogP contribution in [0.3, 0.4) is 0 Å². The van der Waals surface area contributed by atoms with Crippen LogP contribution >= 0.6 is 11.6 Å². The van der Waals surface area contributed by atoms with E-state index in [9.17, 15) is 15.2 Å². The molecule has 1 N–H and O–H groups in total. The van der Waals surface area contributed by atoms with E-state index in [1.807, 2.05) is 23.1 Å². The van der Waals surface area contributed by atoms with Crippen LogP contribution in [0.25, 0.3) is 0 Å². The largest absolute Gasteiger partial charge is 0.385 e. The van der Waals surface area contributed by atoms with Gasteiger partial charge in [0.25, 0.3) is 0 Å². The van der Waals surface area contributed by atoms with E-state index in [0.717, 1.165) is 0 Å². The van der Waals surface area contributed by atoms with Gasteiger partial charge in [-0.15, -0.1) is 0 Å². The lowest BCUT2D eigenvalue weighted by Gasteiger charge is -2.39. The predicted octanol–water partition coefficient (Wildman–Crippen LogP) is 3.13. The van der Waals surface area contributed by atoms with Crippen LogP contribution in [0.15, 0.2) is 42.6 Å².